The Morgan fingerprint density at radius 3 is 2.65 bits per heavy atom. The molecule has 0 aliphatic carbocycles. The molecule has 2 N–H and O–H groups in total. The van der Waals surface area contributed by atoms with E-state index in [0.29, 0.717) is 17.9 Å². The lowest BCUT2D eigenvalue weighted by atomic mass is 9.86. The van der Waals surface area contributed by atoms with E-state index in [-0.39, 0.29) is 6.61 Å². The van der Waals surface area contributed by atoms with Crippen LogP contribution >= 0.6 is 0 Å². The quantitative estimate of drug-likeness (QED) is 0.817. The van der Waals surface area contributed by atoms with E-state index in [1.807, 2.05) is 13.0 Å². The van der Waals surface area contributed by atoms with Crippen LogP contribution in [0.1, 0.15) is 24.5 Å². The number of ether oxygens (including phenoxy) is 2. The summed E-state index contributed by atoms with van der Waals surface area (Å²) in [4.78, 5) is 4.57. The van der Waals surface area contributed by atoms with Crippen molar-refractivity contribution in [2.45, 2.75) is 51.5 Å². The third kappa shape index (κ3) is 2.37. The summed E-state index contributed by atoms with van der Waals surface area (Å²) in [6.07, 6.45) is -0.860. The molecule has 0 bridgehead atoms. The lowest BCUT2D eigenvalue weighted by Gasteiger charge is -2.38. The summed E-state index contributed by atoms with van der Waals surface area (Å²) >= 11 is 0. The Kier molecular flexibility index (Phi) is 3.94. The van der Waals surface area contributed by atoms with Gasteiger partial charge in [-0.15, -0.1) is 0 Å². The molecule has 112 valence electrons. The second-order valence-corrected chi connectivity index (χ2v) is 11.2. The molecular weight excluding hydrogens is 274 g/mol. The highest BCUT2D eigenvalue weighted by Gasteiger charge is 2.44. The van der Waals surface area contributed by atoms with Gasteiger partial charge in [-0.25, -0.2) is 4.98 Å². The molecule has 2 heterocycles. The summed E-state index contributed by atoms with van der Waals surface area (Å²) in [6.45, 7) is 8.56. The average molecular weight is 297 g/mol. The summed E-state index contributed by atoms with van der Waals surface area (Å²) in [5.74, 6) is 0.485. The van der Waals surface area contributed by atoms with Crippen LogP contribution in [0.25, 0.3) is 0 Å². The molecule has 1 aromatic heterocycles. The number of nitrogens with zero attached hydrogens (tertiary/aromatic N) is 1. The number of fused-ring (bicyclic) bond motifs is 1. The van der Waals surface area contributed by atoms with Crippen LogP contribution < -0.4 is 10.1 Å². The van der Waals surface area contributed by atoms with Crippen molar-refractivity contribution < 1.29 is 19.7 Å². The number of aromatic nitrogens is 1. The summed E-state index contributed by atoms with van der Waals surface area (Å²) < 4.78 is 10.6. The molecule has 6 heteroatoms. The van der Waals surface area contributed by atoms with E-state index < -0.39 is 20.0 Å². The van der Waals surface area contributed by atoms with Gasteiger partial charge >= 0.3 is 0 Å². The predicted molar refractivity (Wildman–Crippen MR) is 78.8 cm³/mol. The van der Waals surface area contributed by atoms with Gasteiger partial charge in [0.05, 0.1) is 13.7 Å². The largest absolute Gasteiger partial charge is 0.481 e. The van der Waals surface area contributed by atoms with Crippen molar-refractivity contribution in [1.82, 2.24) is 4.98 Å². The normalized spacial score (nSPS) is 26.2. The van der Waals surface area contributed by atoms with Crippen LogP contribution in [0.2, 0.25) is 19.6 Å². The van der Waals surface area contributed by atoms with E-state index in [1.165, 1.54) is 0 Å². The fourth-order valence-corrected chi connectivity index (χ4v) is 3.44. The van der Waals surface area contributed by atoms with Gasteiger partial charge in [0.25, 0.3) is 0 Å². The van der Waals surface area contributed by atoms with Gasteiger partial charge in [0, 0.05) is 16.4 Å². The third-order valence-electron chi connectivity index (χ3n) is 3.85. The first-order valence-electron chi connectivity index (χ1n) is 6.85. The van der Waals surface area contributed by atoms with Crippen molar-refractivity contribution in [1.29, 1.82) is 0 Å². The highest BCUT2D eigenvalue weighted by Crippen LogP contribution is 2.39. The standard InChI is InChI=1S/C14H23NO4Si/c1-6-14(17)10-7-11(20(3,4)5)15-12(18-2)9(10)8-19-13(14)16/h7,13,16-17H,6,8H2,1-5H3/t13-,14+/m1/s1. The van der Waals surface area contributed by atoms with Gasteiger partial charge in [0.1, 0.15) is 13.7 Å². The average Bonchev–Trinajstić information content (AvgIpc) is 2.40. The molecule has 1 aromatic rings. The number of hydrogen-bond acceptors (Lipinski definition) is 5. The molecule has 1 aliphatic heterocycles. The predicted octanol–water partition coefficient (Wildman–Crippen LogP) is 1.08. The van der Waals surface area contributed by atoms with E-state index in [0.717, 1.165) is 10.9 Å². The second-order valence-electron chi connectivity index (χ2n) is 6.23. The molecule has 0 aromatic carbocycles. The van der Waals surface area contributed by atoms with E-state index >= 15 is 0 Å². The second kappa shape index (κ2) is 5.11. The lowest BCUT2D eigenvalue weighted by molar-refractivity contribution is -0.236. The van der Waals surface area contributed by atoms with Crippen molar-refractivity contribution in [3.05, 3.63) is 17.2 Å². The highest BCUT2D eigenvalue weighted by atomic mass is 28.3. The summed E-state index contributed by atoms with van der Waals surface area (Å²) in [5.41, 5.74) is 0.00486. The maximum atomic E-state index is 10.8. The monoisotopic (exact) mass is 297 g/mol. The minimum atomic E-state index is -1.66. The summed E-state index contributed by atoms with van der Waals surface area (Å²) in [7, 11) is -0.100. The first kappa shape index (κ1) is 15.4. The van der Waals surface area contributed by atoms with Crippen molar-refractivity contribution in [3.8, 4) is 5.88 Å². The Balaban J connectivity index is 2.69. The molecule has 0 amide bonds. The van der Waals surface area contributed by atoms with Gasteiger partial charge in [0.2, 0.25) is 5.88 Å². The van der Waals surface area contributed by atoms with Crippen LogP contribution in [-0.2, 0) is 16.9 Å². The van der Waals surface area contributed by atoms with Gasteiger partial charge in [-0.2, -0.15) is 0 Å². The maximum Gasteiger partial charge on any atom is 0.218 e. The van der Waals surface area contributed by atoms with E-state index in [1.54, 1.807) is 7.11 Å². The molecule has 2 rings (SSSR count). The SMILES string of the molecule is CC[C@]1(O)c2cc([Si](C)(C)C)nc(OC)c2CO[C@H]1O. The summed E-state index contributed by atoms with van der Waals surface area (Å²) in [6, 6.07) is 1.92. The Labute approximate surface area is 120 Å². The number of aliphatic hydroxyl groups excluding tert-OH is 1. The first-order chi connectivity index (χ1) is 9.24. The molecule has 0 unspecified atom stereocenters. The number of aliphatic hydroxyl groups is 2. The highest BCUT2D eigenvalue weighted by molar-refractivity contribution is 6.88. The Morgan fingerprint density at radius 2 is 2.15 bits per heavy atom. The van der Waals surface area contributed by atoms with Gasteiger partial charge in [-0.3, -0.25) is 0 Å². The molecular formula is C14H23NO4Si. The van der Waals surface area contributed by atoms with E-state index in [9.17, 15) is 10.2 Å². The van der Waals surface area contributed by atoms with Gasteiger partial charge in [-0.05, 0) is 12.5 Å². The topological polar surface area (TPSA) is 71.8 Å². The Hall–Kier alpha value is -0.953. The zero-order valence-electron chi connectivity index (χ0n) is 12.7. The third-order valence-corrected chi connectivity index (χ3v) is 5.64. The van der Waals surface area contributed by atoms with E-state index in [4.69, 9.17) is 9.47 Å². The van der Waals surface area contributed by atoms with Gasteiger partial charge in [0.15, 0.2) is 6.29 Å². The fourth-order valence-electron chi connectivity index (χ4n) is 2.43. The number of hydrogen-bond donors (Lipinski definition) is 2. The van der Waals surface area contributed by atoms with E-state index in [2.05, 4.69) is 24.6 Å². The van der Waals surface area contributed by atoms with Crippen molar-refractivity contribution in [2.75, 3.05) is 7.11 Å². The zero-order chi connectivity index (χ0) is 15.1. The van der Waals surface area contributed by atoms with Gasteiger partial charge < -0.3 is 19.7 Å². The van der Waals surface area contributed by atoms with Crippen LogP contribution in [0.15, 0.2) is 6.07 Å². The van der Waals surface area contributed by atoms with Crippen LogP contribution in [0.5, 0.6) is 5.88 Å². The maximum absolute atomic E-state index is 10.8. The molecule has 1 aliphatic rings. The molecule has 0 saturated heterocycles. The Morgan fingerprint density at radius 1 is 1.50 bits per heavy atom. The molecule has 20 heavy (non-hydrogen) atoms. The Bertz CT molecular complexity index is 515. The number of pyridine rings is 1. The lowest BCUT2D eigenvalue weighted by Crippen LogP contribution is -2.48. The van der Waals surface area contributed by atoms with Gasteiger partial charge in [-0.1, -0.05) is 26.6 Å². The van der Waals surface area contributed by atoms with Crippen LogP contribution in [0.3, 0.4) is 0 Å². The van der Waals surface area contributed by atoms with Crippen LogP contribution in [0.4, 0.5) is 0 Å². The van der Waals surface area contributed by atoms with Crippen LogP contribution in [0, 0.1) is 0 Å². The molecule has 0 fully saturated rings. The number of methoxy groups -OCH3 is 1. The molecule has 2 atom stereocenters. The molecule has 5 nitrogen and oxygen atoms in total. The minimum absolute atomic E-state index is 0.195. The smallest absolute Gasteiger partial charge is 0.218 e. The first-order valence-corrected chi connectivity index (χ1v) is 10.3. The minimum Gasteiger partial charge on any atom is -0.481 e. The van der Waals surface area contributed by atoms with Crippen LogP contribution in [-0.4, -0.2) is 36.7 Å². The molecule has 0 saturated carbocycles. The van der Waals surface area contributed by atoms with Crippen molar-refractivity contribution in [2.24, 2.45) is 0 Å². The molecule has 0 radical (unpaired) electrons. The summed E-state index contributed by atoms with van der Waals surface area (Å²) in [5, 5.41) is 21.7. The number of rotatable bonds is 3. The van der Waals surface area contributed by atoms with Crippen molar-refractivity contribution >= 4 is 13.4 Å². The fraction of sp³-hybridized carbons (Fsp3) is 0.643. The zero-order valence-corrected chi connectivity index (χ0v) is 13.7. The molecule has 0 spiro atoms. The van der Waals surface area contributed by atoms with Crippen molar-refractivity contribution in [3.63, 3.8) is 0 Å².